The van der Waals surface area contributed by atoms with Gasteiger partial charge in [-0.2, -0.15) is 0 Å². The van der Waals surface area contributed by atoms with Crippen molar-refractivity contribution in [1.82, 2.24) is 10.2 Å². The molecule has 0 saturated carbocycles. The van der Waals surface area contributed by atoms with Gasteiger partial charge in [0.2, 0.25) is 0 Å². The molecule has 3 rings (SSSR count). The summed E-state index contributed by atoms with van der Waals surface area (Å²) in [7, 11) is -3.86. The Morgan fingerprint density at radius 3 is 2.52 bits per heavy atom. The minimum atomic E-state index is -3.86. The maximum atomic E-state index is 13.4. The zero-order valence-electron chi connectivity index (χ0n) is 16.7. The second kappa shape index (κ2) is 8.82. The lowest BCUT2D eigenvalue weighted by atomic mass is 10.1. The van der Waals surface area contributed by atoms with E-state index in [0.29, 0.717) is 18.7 Å². The second-order valence-corrected chi connectivity index (χ2v) is 9.48. The van der Waals surface area contributed by atoms with Crippen LogP contribution in [0.25, 0.3) is 0 Å². The van der Waals surface area contributed by atoms with Crippen molar-refractivity contribution in [3.63, 3.8) is 0 Å². The fraction of sp³-hybridized carbons (Fsp3) is 0.429. The van der Waals surface area contributed by atoms with Gasteiger partial charge in [-0.05, 0) is 62.4 Å². The number of amides is 2. The third-order valence-electron chi connectivity index (χ3n) is 5.17. The molecule has 0 spiro atoms. The Bertz CT molecular complexity index is 977. The number of likely N-dealkylation sites (tertiary alicyclic amines) is 1. The van der Waals surface area contributed by atoms with E-state index in [2.05, 4.69) is 5.32 Å². The van der Waals surface area contributed by atoms with Crippen molar-refractivity contribution in [2.45, 2.75) is 43.3 Å². The largest absolute Gasteiger partial charge is 0.468 e. The van der Waals surface area contributed by atoms with Crippen molar-refractivity contribution in [2.75, 3.05) is 19.6 Å². The first-order chi connectivity index (χ1) is 13.8. The summed E-state index contributed by atoms with van der Waals surface area (Å²) < 4.78 is 32.1. The minimum Gasteiger partial charge on any atom is -0.468 e. The Morgan fingerprint density at radius 1 is 1.14 bits per heavy atom. The molecule has 1 fully saturated rings. The van der Waals surface area contributed by atoms with Crippen LogP contribution in [0, 0.1) is 13.8 Å². The van der Waals surface area contributed by atoms with E-state index in [1.54, 1.807) is 31.2 Å². The van der Waals surface area contributed by atoms with Gasteiger partial charge in [0.05, 0.1) is 11.2 Å². The van der Waals surface area contributed by atoms with E-state index >= 15 is 0 Å². The molecule has 0 unspecified atom stereocenters. The fourth-order valence-electron chi connectivity index (χ4n) is 3.51. The fourth-order valence-corrected chi connectivity index (χ4v) is 5.42. The van der Waals surface area contributed by atoms with Crippen LogP contribution in [0.2, 0.25) is 0 Å². The van der Waals surface area contributed by atoms with Gasteiger partial charge in [-0.25, -0.2) is 8.42 Å². The van der Waals surface area contributed by atoms with Crippen molar-refractivity contribution in [3.8, 4) is 0 Å². The van der Waals surface area contributed by atoms with Crippen LogP contribution in [-0.2, 0) is 19.4 Å². The van der Waals surface area contributed by atoms with Crippen molar-refractivity contribution < 1.29 is 22.4 Å². The molecule has 2 aromatic rings. The summed E-state index contributed by atoms with van der Waals surface area (Å²) in [5.41, 5.74) is 1.43. The van der Waals surface area contributed by atoms with Crippen LogP contribution in [0.4, 0.5) is 0 Å². The van der Waals surface area contributed by atoms with Crippen LogP contribution >= 0.6 is 0 Å². The van der Waals surface area contributed by atoms with Crippen molar-refractivity contribution in [2.24, 2.45) is 0 Å². The third kappa shape index (κ3) is 4.70. The van der Waals surface area contributed by atoms with Crippen LogP contribution in [0.3, 0.4) is 0 Å². The molecule has 29 heavy (non-hydrogen) atoms. The first kappa shape index (κ1) is 21.1. The lowest BCUT2D eigenvalue weighted by molar-refractivity contribution is -0.146. The smallest absolute Gasteiger partial charge is 0.311 e. The highest BCUT2D eigenvalue weighted by atomic mass is 32.2. The normalized spacial score (nSPS) is 15.7. The summed E-state index contributed by atoms with van der Waals surface area (Å²) in [6, 6.07) is 8.37. The zero-order valence-corrected chi connectivity index (χ0v) is 17.5. The molecular formula is C21H26N2O5S. The number of nitrogens with zero attached hydrogens (tertiary/aromatic N) is 1. The average molecular weight is 419 g/mol. The van der Waals surface area contributed by atoms with E-state index in [9.17, 15) is 18.0 Å². The summed E-state index contributed by atoms with van der Waals surface area (Å²) in [5, 5.41) is 1.38. The standard InChI is InChI=1S/C21H26N2O5S/c1-15-8-9-16(2)18(13-15)29(26,27)19(17-7-6-12-28-17)14-22-20(24)21(25)23-10-4-3-5-11-23/h6-9,12-13,19H,3-5,10-11,14H2,1-2H3,(H,22,24)/t19-/m1/s1. The molecule has 1 atom stereocenters. The Hall–Kier alpha value is -2.61. The van der Waals surface area contributed by atoms with E-state index in [1.165, 1.54) is 11.2 Å². The van der Waals surface area contributed by atoms with Gasteiger partial charge in [0.1, 0.15) is 11.0 Å². The summed E-state index contributed by atoms with van der Waals surface area (Å²) >= 11 is 0. The summed E-state index contributed by atoms with van der Waals surface area (Å²) in [5.74, 6) is -1.19. The van der Waals surface area contributed by atoms with Crippen LogP contribution in [0.1, 0.15) is 41.4 Å². The molecular weight excluding hydrogens is 392 g/mol. The number of piperidine rings is 1. The number of furan rings is 1. The number of nitrogens with one attached hydrogen (secondary N) is 1. The molecule has 1 aliphatic rings. The maximum absolute atomic E-state index is 13.4. The van der Waals surface area contributed by atoms with Gasteiger partial charge in [-0.3, -0.25) is 9.59 Å². The predicted octanol–water partition coefficient (Wildman–Crippen LogP) is 2.54. The molecule has 2 heterocycles. The SMILES string of the molecule is Cc1ccc(C)c(S(=O)(=O)[C@H](CNC(=O)C(=O)N2CCCCC2)c2ccco2)c1. The molecule has 0 bridgehead atoms. The van der Waals surface area contributed by atoms with Gasteiger partial charge in [0, 0.05) is 19.6 Å². The molecule has 1 aliphatic heterocycles. The van der Waals surface area contributed by atoms with Crippen molar-refractivity contribution in [1.29, 1.82) is 0 Å². The van der Waals surface area contributed by atoms with Crippen molar-refractivity contribution in [3.05, 3.63) is 53.5 Å². The number of hydrogen-bond donors (Lipinski definition) is 1. The second-order valence-electron chi connectivity index (χ2n) is 7.38. The summed E-state index contributed by atoms with van der Waals surface area (Å²) in [6.45, 7) is 4.40. The van der Waals surface area contributed by atoms with E-state index in [4.69, 9.17) is 4.42 Å². The number of rotatable bonds is 5. The van der Waals surface area contributed by atoms with Crippen LogP contribution in [0.5, 0.6) is 0 Å². The van der Waals surface area contributed by atoms with Crippen LogP contribution in [-0.4, -0.2) is 44.8 Å². The molecule has 156 valence electrons. The summed E-state index contributed by atoms with van der Waals surface area (Å²) in [6.07, 6.45) is 4.17. The predicted molar refractivity (Wildman–Crippen MR) is 108 cm³/mol. The lowest BCUT2D eigenvalue weighted by Crippen LogP contribution is -2.46. The lowest BCUT2D eigenvalue weighted by Gasteiger charge is -2.26. The quantitative estimate of drug-likeness (QED) is 0.753. The third-order valence-corrected chi connectivity index (χ3v) is 7.37. The molecule has 1 saturated heterocycles. The van der Waals surface area contributed by atoms with Gasteiger partial charge in [-0.1, -0.05) is 12.1 Å². The molecule has 0 radical (unpaired) electrons. The number of hydrogen-bond acceptors (Lipinski definition) is 5. The first-order valence-corrected chi connectivity index (χ1v) is 11.3. The Kier molecular flexibility index (Phi) is 6.42. The number of carbonyl (C=O) groups is 2. The van der Waals surface area contributed by atoms with Crippen molar-refractivity contribution >= 4 is 21.7 Å². The molecule has 8 heteroatoms. The highest BCUT2D eigenvalue weighted by Crippen LogP contribution is 2.31. The highest BCUT2D eigenvalue weighted by molar-refractivity contribution is 7.91. The summed E-state index contributed by atoms with van der Waals surface area (Å²) in [4.78, 5) is 26.4. The molecule has 2 amide bonds. The number of sulfone groups is 1. The highest BCUT2D eigenvalue weighted by Gasteiger charge is 2.34. The minimum absolute atomic E-state index is 0.190. The van der Waals surface area contributed by atoms with Crippen LogP contribution in [0.15, 0.2) is 45.9 Å². The molecule has 1 N–H and O–H groups in total. The Morgan fingerprint density at radius 2 is 1.86 bits per heavy atom. The number of carbonyl (C=O) groups excluding carboxylic acids is 2. The number of benzene rings is 1. The van der Waals surface area contributed by atoms with Gasteiger partial charge in [-0.15, -0.1) is 0 Å². The van der Waals surface area contributed by atoms with E-state index in [-0.39, 0.29) is 17.2 Å². The topological polar surface area (TPSA) is 96.7 Å². The molecule has 7 nitrogen and oxygen atoms in total. The van der Waals surface area contributed by atoms with Gasteiger partial charge in [0.15, 0.2) is 9.84 Å². The Labute approximate surface area is 171 Å². The van der Waals surface area contributed by atoms with E-state index in [1.807, 2.05) is 13.0 Å². The molecule has 1 aromatic heterocycles. The van der Waals surface area contributed by atoms with E-state index in [0.717, 1.165) is 24.8 Å². The Balaban J connectivity index is 1.82. The van der Waals surface area contributed by atoms with Gasteiger partial charge in [0.25, 0.3) is 0 Å². The van der Waals surface area contributed by atoms with Crippen LogP contribution < -0.4 is 5.32 Å². The van der Waals surface area contributed by atoms with E-state index < -0.39 is 26.9 Å². The average Bonchev–Trinajstić information content (AvgIpc) is 3.24. The first-order valence-electron chi connectivity index (χ1n) is 9.72. The zero-order chi connectivity index (χ0) is 21.0. The monoisotopic (exact) mass is 418 g/mol. The molecule has 1 aromatic carbocycles. The van der Waals surface area contributed by atoms with Gasteiger partial charge < -0.3 is 14.6 Å². The maximum Gasteiger partial charge on any atom is 0.311 e. The number of aryl methyl sites for hydroxylation is 2. The van der Waals surface area contributed by atoms with Gasteiger partial charge >= 0.3 is 11.8 Å². The molecule has 0 aliphatic carbocycles.